The van der Waals surface area contributed by atoms with E-state index in [1.54, 1.807) is 6.20 Å². The molecule has 196 valence electrons. The summed E-state index contributed by atoms with van der Waals surface area (Å²) in [5.41, 5.74) is 2.23. The van der Waals surface area contributed by atoms with E-state index in [-0.39, 0.29) is 5.56 Å². The maximum atomic E-state index is 12.8. The molecule has 2 N–H and O–H groups in total. The van der Waals surface area contributed by atoms with Crippen LogP contribution in [0.3, 0.4) is 0 Å². The van der Waals surface area contributed by atoms with E-state index in [0.717, 1.165) is 82.2 Å². The number of ether oxygens (including phenoxy) is 1. The molecule has 8 heteroatoms. The fourth-order valence-electron chi connectivity index (χ4n) is 6.17. The quantitative estimate of drug-likeness (QED) is 0.550. The monoisotopic (exact) mass is 502 g/mol. The summed E-state index contributed by atoms with van der Waals surface area (Å²) in [6, 6.07) is 13.3. The molecule has 3 fully saturated rings. The summed E-state index contributed by atoms with van der Waals surface area (Å²) in [6.07, 6.45) is 6.37. The molecule has 3 aromatic rings. The van der Waals surface area contributed by atoms with Crippen LogP contribution in [0.15, 0.2) is 47.4 Å². The minimum Gasteiger partial charge on any atom is -0.379 e. The lowest BCUT2D eigenvalue weighted by molar-refractivity contribution is 0.0115. The second kappa shape index (κ2) is 10.8. The number of rotatable bonds is 5. The largest absolute Gasteiger partial charge is 0.379 e. The van der Waals surface area contributed by atoms with Crippen LogP contribution in [-0.4, -0.2) is 85.3 Å². The molecule has 3 aliphatic heterocycles. The second-order valence-corrected chi connectivity index (χ2v) is 10.8. The molecule has 3 saturated heterocycles. The Kier molecular flexibility index (Phi) is 7.13. The first-order valence-corrected chi connectivity index (χ1v) is 13.8. The number of hydrogen-bond donors (Lipinski definition) is 2. The number of piperidine rings is 2. The van der Waals surface area contributed by atoms with Crippen molar-refractivity contribution >= 4 is 28.1 Å². The first kappa shape index (κ1) is 24.4. The minimum absolute atomic E-state index is 0.118. The Morgan fingerprint density at radius 3 is 2.41 bits per heavy atom. The lowest BCUT2D eigenvalue weighted by Gasteiger charge is -2.40. The fraction of sp³-hybridized carbons (Fsp3) is 0.517. The van der Waals surface area contributed by atoms with E-state index in [9.17, 15) is 4.79 Å². The fourth-order valence-corrected chi connectivity index (χ4v) is 6.17. The normalized spacial score (nSPS) is 20.9. The van der Waals surface area contributed by atoms with Gasteiger partial charge in [-0.1, -0.05) is 12.1 Å². The van der Waals surface area contributed by atoms with Gasteiger partial charge >= 0.3 is 0 Å². The Hall–Kier alpha value is -2.94. The topological polar surface area (TPSA) is 76.7 Å². The predicted octanol–water partition coefficient (Wildman–Crippen LogP) is 3.78. The molecule has 6 rings (SSSR count). The smallest absolute Gasteiger partial charge is 0.259 e. The number of aromatic amines is 1. The Labute approximate surface area is 218 Å². The van der Waals surface area contributed by atoms with Crippen molar-refractivity contribution in [2.45, 2.75) is 37.6 Å². The van der Waals surface area contributed by atoms with Gasteiger partial charge in [0.1, 0.15) is 11.6 Å². The zero-order valence-electron chi connectivity index (χ0n) is 21.8. The van der Waals surface area contributed by atoms with E-state index < -0.39 is 0 Å². The van der Waals surface area contributed by atoms with Crippen molar-refractivity contribution in [2.75, 3.05) is 69.7 Å². The maximum absolute atomic E-state index is 12.8. The Balaban J connectivity index is 1.21. The summed E-state index contributed by atoms with van der Waals surface area (Å²) in [7, 11) is 2.20. The Bertz CT molecular complexity index is 1250. The van der Waals surface area contributed by atoms with Gasteiger partial charge in [-0.3, -0.25) is 9.69 Å². The average molecular weight is 503 g/mol. The van der Waals surface area contributed by atoms with Gasteiger partial charge in [-0.25, -0.2) is 4.98 Å². The van der Waals surface area contributed by atoms with Crippen LogP contribution < -0.4 is 15.8 Å². The summed E-state index contributed by atoms with van der Waals surface area (Å²) >= 11 is 0. The van der Waals surface area contributed by atoms with Crippen molar-refractivity contribution in [1.29, 1.82) is 0 Å². The van der Waals surface area contributed by atoms with Crippen LogP contribution in [0.2, 0.25) is 0 Å². The van der Waals surface area contributed by atoms with Crippen LogP contribution in [0.1, 0.15) is 37.2 Å². The second-order valence-electron chi connectivity index (χ2n) is 10.8. The van der Waals surface area contributed by atoms with E-state index in [2.05, 4.69) is 62.4 Å². The number of pyridine rings is 2. The molecule has 8 nitrogen and oxygen atoms in total. The first-order valence-electron chi connectivity index (χ1n) is 13.8. The molecule has 5 heterocycles. The molecule has 3 aliphatic rings. The third-order valence-electron chi connectivity index (χ3n) is 8.45. The first-order chi connectivity index (χ1) is 18.1. The molecule has 0 saturated carbocycles. The molecule has 0 spiro atoms. The van der Waals surface area contributed by atoms with Gasteiger partial charge < -0.3 is 24.8 Å². The summed E-state index contributed by atoms with van der Waals surface area (Å²) in [6.45, 7) is 7.99. The molecular weight excluding hydrogens is 464 g/mol. The molecule has 2 aromatic heterocycles. The zero-order chi connectivity index (χ0) is 25.2. The summed E-state index contributed by atoms with van der Waals surface area (Å²) in [5.74, 6) is 2.18. The van der Waals surface area contributed by atoms with Crippen LogP contribution in [0.4, 0.5) is 17.3 Å². The Morgan fingerprint density at radius 1 is 0.946 bits per heavy atom. The lowest BCUT2D eigenvalue weighted by atomic mass is 9.89. The average Bonchev–Trinajstić information content (AvgIpc) is 2.94. The van der Waals surface area contributed by atoms with Gasteiger partial charge in [-0.15, -0.1) is 0 Å². The summed E-state index contributed by atoms with van der Waals surface area (Å²) < 4.78 is 5.54. The number of nitrogens with zero attached hydrogens (tertiary/aromatic N) is 4. The van der Waals surface area contributed by atoms with Crippen molar-refractivity contribution < 1.29 is 4.74 Å². The molecule has 0 unspecified atom stereocenters. The van der Waals surface area contributed by atoms with Gasteiger partial charge in [0.15, 0.2) is 0 Å². The molecule has 0 bridgehead atoms. The molecular formula is C29H38N6O2. The number of H-pyrrole nitrogens is 1. The summed E-state index contributed by atoms with van der Waals surface area (Å²) in [5, 5.41) is 4.99. The number of hydrogen-bond acceptors (Lipinski definition) is 7. The third-order valence-corrected chi connectivity index (χ3v) is 8.45. The van der Waals surface area contributed by atoms with Gasteiger partial charge in [0.2, 0.25) is 0 Å². The van der Waals surface area contributed by atoms with E-state index in [1.165, 1.54) is 18.4 Å². The van der Waals surface area contributed by atoms with Crippen LogP contribution in [0.5, 0.6) is 0 Å². The predicted molar refractivity (Wildman–Crippen MR) is 149 cm³/mol. The van der Waals surface area contributed by atoms with Crippen LogP contribution in [0.25, 0.3) is 10.8 Å². The van der Waals surface area contributed by atoms with E-state index in [1.807, 2.05) is 6.07 Å². The molecule has 0 amide bonds. The highest BCUT2D eigenvalue weighted by Gasteiger charge is 2.27. The van der Waals surface area contributed by atoms with Crippen molar-refractivity contribution in [3.8, 4) is 0 Å². The number of nitrogens with one attached hydrogen (secondary N) is 2. The van der Waals surface area contributed by atoms with E-state index in [0.29, 0.717) is 23.2 Å². The highest BCUT2D eigenvalue weighted by atomic mass is 16.5. The number of morpholine rings is 1. The van der Waals surface area contributed by atoms with Crippen molar-refractivity contribution in [2.24, 2.45) is 0 Å². The molecule has 37 heavy (non-hydrogen) atoms. The van der Waals surface area contributed by atoms with Crippen LogP contribution in [0, 0.1) is 0 Å². The van der Waals surface area contributed by atoms with E-state index >= 15 is 0 Å². The number of aromatic nitrogens is 2. The zero-order valence-corrected chi connectivity index (χ0v) is 21.8. The standard InChI is InChI=1S/C29H38N6O2/c1-33-12-7-22(8-13-33)21-2-4-24(5-3-21)31-28-27-23(6-11-30-29(27)36)20-26(32-28)35-14-9-25(10-15-35)34-16-18-37-19-17-34/h2-6,11,20,22,25H,7-10,12-19H2,1H3,(H,30,36)(H,31,32). The van der Waals surface area contributed by atoms with Crippen LogP contribution in [-0.2, 0) is 4.74 Å². The highest BCUT2D eigenvalue weighted by molar-refractivity contribution is 5.94. The Morgan fingerprint density at radius 2 is 1.68 bits per heavy atom. The molecule has 0 radical (unpaired) electrons. The molecule has 0 aliphatic carbocycles. The molecule has 0 atom stereocenters. The highest BCUT2D eigenvalue weighted by Crippen LogP contribution is 2.31. The number of anilines is 3. The van der Waals surface area contributed by atoms with Crippen molar-refractivity contribution in [3.05, 3.63) is 58.5 Å². The SMILES string of the molecule is CN1CCC(c2ccc(Nc3nc(N4CCC(N5CCOCC5)CC4)cc4cc[nH]c(=O)c34)cc2)CC1. The van der Waals surface area contributed by atoms with Gasteiger partial charge in [-0.2, -0.15) is 0 Å². The van der Waals surface area contributed by atoms with E-state index in [4.69, 9.17) is 9.72 Å². The lowest BCUT2D eigenvalue weighted by Crippen LogP contribution is -2.49. The van der Waals surface area contributed by atoms with Crippen LogP contribution >= 0.6 is 0 Å². The van der Waals surface area contributed by atoms with Gasteiger partial charge in [0.25, 0.3) is 5.56 Å². The minimum atomic E-state index is -0.118. The van der Waals surface area contributed by atoms with Gasteiger partial charge in [0, 0.05) is 44.1 Å². The third kappa shape index (κ3) is 5.37. The molecule has 1 aromatic carbocycles. The number of benzene rings is 1. The number of likely N-dealkylation sites (tertiary alicyclic amines) is 1. The number of fused-ring (bicyclic) bond motifs is 1. The summed E-state index contributed by atoms with van der Waals surface area (Å²) in [4.78, 5) is 28.0. The van der Waals surface area contributed by atoms with Gasteiger partial charge in [-0.05, 0) is 87.0 Å². The van der Waals surface area contributed by atoms with Gasteiger partial charge in [0.05, 0.1) is 18.6 Å². The van der Waals surface area contributed by atoms with Crippen molar-refractivity contribution in [3.63, 3.8) is 0 Å². The maximum Gasteiger partial charge on any atom is 0.259 e. The van der Waals surface area contributed by atoms with Crippen molar-refractivity contribution in [1.82, 2.24) is 19.8 Å².